The van der Waals surface area contributed by atoms with Crippen molar-refractivity contribution in [1.82, 2.24) is 25.2 Å². The van der Waals surface area contributed by atoms with Gasteiger partial charge in [0, 0.05) is 50.3 Å². The Labute approximate surface area is 278 Å². The number of benzene rings is 1. The predicted molar refractivity (Wildman–Crippen MR) is 168 cm³/mol. The van der Waals surface area contributed by atoms with Crippen LogP contribution in [0, 0.1) is 5.82 Å². The van der Waals surface area contributed by atoms with Crippen molar-refractivity contribution in [3.63, 3.8) is 0 Å². The van der Waals surface area contributed by atoms with Crippen LogP contribution in [-0.4, -0.2) is 82.9 Å². The highest BCUT2D eigenvalue weighted by molar-refractivity contribution is 6.32. The van der Waals surface area contributed by atoms with E-state index in [1.807, 2.05) is 4.90 Å². The molecule has 2 aromatic heterocycles. The summed E-state index contributed by atoms with van der Waals surface area (Å²) in [7, 11) is 3.28. The molecule has 3 aromatic rings. The Morgan fingerprint density at radius 2 is 1.96 bits per heavy atom. The topological polar surface area (TPSA) is 119 Å². The summed E-state index contributed by atoms with van der Waals surface area (Å²) in [6, 6.07) is 1.66. The third kappa shape index (κ3) is 5.42. The first-order valence-corrected chi connectivity index (χ1v) is 16.3. The standard InChI is InChI=1S/C32H35ClF5N7O3/c1-40-21(46)11-18-13-30(5-3-6-30)44(2)27-22-26(42-29(43-27)47-15-31-7-4-8-45(31)14-16(34)12-31)24(35)25(41-28(22)48-18)19-9-17(39)10-20(33)23(19)32(36,37)38/h9-10,16,18H,3-8,11-15,39H2,1-2H3,(H,40,46)/t16-,18?,31+/m1/s1. The van der Waals surface area contributed by atoms with E-state index in [9.17, 15) is 22.4 Å². The number of hydrogen-bond acceptors (Lipinski definition) is 9. The van der Waals surface area contributed by atoms with Gasteiger partial charge >= 0.3 is 12.2 Å². The fourth-order valence-corrected chi connectivity index (χ4v) is 8.29. The Morgan fingerprint density at radius 3 is 2.65 bits per heavy atom. The lowest BCUT2D eigenvalue weighted by Crippen LogP contribution is -2.56. The largest absolute Gasteiger partial charge is 0.473 e. The van der Waals surface area contributed by atoms with Gasteiger partial charge in [0.2, 0.25) is 11.8 Å². The lowest BCUT2D eigenvalue weighted by molar-refractivity contribution is -0.137. The number of carbonyl (C=O) groups is 1. The molecule has 3 N–H and O–H groups in total. The van der Waals surface area contributed by atoms with Crippen molar-refractivity contribution in [2.24, 2.45) is 0 Å². The molecule has 1 saturated carbocycles. The number of nitrogens with one attached hydrogen (secondary N) is 1. The molecule has 4 aliphatic rings. The smallest absolute Gasteiger partial charge is 0.418 e. The second kappa shape index (κ2) is 11.7. The van der Waals surface area contributed by atoms with Crippen LogP contribution < -0.4 is 25.4 Å². The van der Waals surface area contributed by atoms with Crippen LogP contribution in [0.3, 0.4) is 0 Å². The molecule has 1 aliphatic carbocycles. The first-order chi connectivity index (χ1) is 22.7. The molecule has 5 heterocycles. The van der Waals surface area contributed by atoms with Crippen molar-refractivity contribution in [1.29, 1.82) is 0 Å². The SMILES string of the molecule is CNC(=O)CC1CC2(CCC2)N(C)c2nc(OC[C@@]34CCCN3C[C@H](F)C4)nc3c(F)c(-c4cc(N)cc(Cl)c4C(F)(F)F)nc(c23)O1. The highest BCUT2D eigenvalue weighted by Gasteiger charge is 2.50. The third-order valence-electron chi connectivity index (χ3n) is 10.5. The molecular formula is C32H35ClF5N7O3. The second-order valence-corrected chi connectivity index (χ2v) is 13.8. The summed E-state index contributed by atoms with van der Waals surface area (Å²) in [5.41, 5.74) is 1.51. The van der Waals surface area contributed by atoms with Crippen LogP contribution in [0.5, 0.6) is 11.9 Å². The number of carbonyl (C=O) groups excluding carboxylic acids is 1. The van der Waals surface area contributed by atoms with Crippen molar-refractivity contribution >= 4 is 39.9 Å². The average molecular weight is 696 g/mol. The van der Waals surface area contributed by atoms with Gasteiger partial charge in [0.05, 0.1) is 22.5 Å². The monoisotopic (exact) mass is 695 g/mol. The molecule has 1 amide bonds. The minimum atomic E-state index is -5.00. The van der Waals surface area contributed by atoms with Crippen molar-refractivity contribution in [2.45, 2.75) is 80.9 Å². The number of anilines is 2. The average Bonchev–Trinajstić information content (AvgIpc) is 3.52. The maximum atomic E-state index is 16.8. The Hall–Kier alpha value is -3.72. The van der Waals surface area contributed by atoms with Gasteiger partial charge < -0.3 is 25.4 Å². The van der Waals surface area contributed by atoms with Crippen molar-refractivity contribution in [3.8, 4) is 23.1 Å². The van der Waals surface area contributed by atoms with Crippen molar-refractivity contribution < 1.29 is 36.2 Å². The minimum Gasteiger partial charge on any atom is -0.473 e. The van der Waals surface area contributed by atoms with E-state index < -0.39 is 57.2 Å². The van der Waals surface area contributed by atoms with Crippen molar-refractivity contribution in [3.05, 3.63) is 28.5 Å². The predicted octanol–water partition coefficient (Wildman–Crippen LogP) is 5.69. The van der Waals surface area contributed by atoms with Gasteiger partial charge in [0.1, 0.15) is 41.3 Å². The fraction of sp³-hybridized carbons (Fsp3) is 0.562. The number of ether oxygens (including phenoxy) is 2. The van der Waals surface area contributed by atoms with Gasteiger partial charge in [-0.3, -0.25) is 9.69 Å². The third-order valence-corrected chi connectivity index (χ3v) is 10.8. The van der Waals surface area contributed by atoms with Gasteiger partial charge in [0.15, 0.2) is 5.82 Å². The van der Waals surface area contributed by atoms with E-state index in [1.165, 1.54) is 7.05 Å². The number of nitrogen functional groups attached to an aromatic ring is 1. The van der Waals surface area contributed by atoms with Crippen LogP contribution in [0.4, 0.5) is 33.5 Å². The molecule has 0 bridgehead atoms. The summed E-state index contributed by atoms with van der Waals surface area (Å²) < 4.78 is 87.0. The zero-order valence-electron chi connectivity index (χ0n) is 26.4. The Bertz CT molecular complexity index is 1790. The first kappa shape index (κ1) is 32.8. The highest BCUT2D eigenvalue weighted by atomic mass is 35.5. The van der Waals surface area contributed by atoms with Crippen LogP contribution in [0.1, 0.15) is 56.9 Å². The molecule has 2 saturated heterocycles. The van der Waals surface area contributed by atoms with Gasteiger partial charge in [-0.15, -0.1) is 0 Å². The molecule has 3 atom stereocenters. The lowest BCUT2D eigenvalue weighted by atomic mass is 9.71. The number of nitrogens with two attached hydrogens (primary N) is 1. The number of hydrogen-bond donors (Lipinski definition) is 2. The summed E-state index contributed by atoms with van der Waals surface area (Å²) in [5, 5.41) is 1.86. The second-order valence-electron chi connectivity index (χ2n) is 13.4. The molecule has 258 valence electrons. The number of aromatic nitrogens is 3. The normalized spacial score (nSPS) is 25.0. The van der Waals surface area contributed by atoms with E-state index in [0.29, 0.717) is 19.4 Å². The maximum absolute atomic E-state index is 16.8. The van der Waals surface area contributed by atoms with E-state index >= 15 is 4.39 Å². The van der Waals surface area contributed by atoms with E-state index in [2.05, 4.69) is 20.2 Å². The van der Waals surface area contributed by atoms with E-state index in [0.717, 1.165) is 44.4 Å². The van der Waals surface area contributed by atoms with Gasteiger partial charge in [0.25, 0.3) is 0 Å². The van der Waals surface area contributed by atoms with Crippen LogP contribution in [-0.2, 0) is 11.0 Å². The van der Waals surface area contributed by atoms with Gasteiger partial charge in [-0.05, 0) is 50.8 Å². The number of halogens is 6. The summed E-state index contributed by atoms with van der Waals surface area (Å²) in [6.07, 6.45) is -2.27. The first-order valence-electron chi connectivity index (χ1n) is 15.9. The van der Waals surface area contributed by atoms with Crippen LogP contribution >= 0.6 is 11.6 Å². The van der Waals surface area contributed by atoms with Gasteiger partial charge in [-0.2, -0.15) is 23.1 Å². The molecule has 3 aliphatic heterocycles. The Morgan fingerprint density at radius 1 is 1.19 bits per heavy atom. The van der Waals surface area contributed by atoms with E-state index in [-0.39, 0.29) is 59.7 Å². The Kier molecular flexibility index (Phi) is 8.00. The van der Waals surface area contributed by atoms with Gasteiger partial charge in [-0.25, -0.2) is 13.8 Å². The zero-order chi connectivity index (χ0) is 34.2. The van der Waals surface area contributed by atoms with Crippen LogP contribution in [0.15, 0.2) is 12.1 Å². The van der Waals surface area contributed by atoms with E-state index in [1.54, 1.807) is 7.05 Å². The van der Waals surface area contributed by atoms with E-state index in [4.69, 9.17) is 31.8 Å². The summed E-state index contributed by atoms with van der Waals surface area (Å²) >= 11 is 6.04. The lowest BCUT2D eigenvalue weighted by Gasteiger charge is -2.51. The minimum absolute atomic E-state index is 0.0212. The number of pyridine rings is 1. The van der Waals surface area contributed by atoms with Crippen molar-refractivity contribution in [2.75, 3.05) is 44.4 Å². The number of amides is 1. The molecule has 1 unspecified atom stereocenters. The number of nitrogens with zero attached hydrogens (tertiary/aromatic N) is 5. The number of rotatable bonds is 6. The molecular weight excluding hydrogens is 661 g/mol. The molecule has 0 radical (unpaired) electrons. The maximum Gasteiger partial charge on any atom is 0.418 e. The zero-order valence-corrected chi connectivity index (χ0v) is 27.1. The molecule has 7 rings (SSSR count). The highest BCUT2D eigenvalue weighted by Crippen LogP contribution is 2.50. The number of alkyl halides is 4. The summed E-state index contributed by atoms with van der Waals surface area (Å²) in [6.45, 7) is 1.07. The van der Waals surface area contributed by atoms with Gasteiger partial charge in [-0.1, -0.05) is 11.6 Å². The van der Waals surface area contributed by atoms with Crippen LogP contribution in [0.2, 0.25) is 5.02 Å². The van der Waals surface area contributed by atoms with Crippen LogP contribution in [0.25, 0.3) is 22.2 Å². The fourth-order valence-electron chi connectivity index (χ4n) is 7.96. The molecule has 1 aromatic carbocycles. The molecule has 10 nitrogen and oxygen atoms in total. The molecule has 1 spiro atoms. The molecule has 16 heteroatoms. The Balaban J connectivity index is 1.44. The molecule has 3 fully saturated rings. The summed E-state index contributed by atoms with van der Waals surface area (Å²) in [4.78, 5) is 29.9. The molecule has 48 heavy (non-hydrogen) atoms. The number of fused-ring (bicyclic) bond motifs is 1. The quantitative estimate of drug-likeness (QED) is 0.248. The summed E-state index contributed by atoms with van der Waals surface area (Å²) in [5.74, 6) is -1.54.